The molecular weight excluding hydrogens is 426 g/mol. The normalized spacial score (nSPS) is 20.2. The van der Waals surface area contributed by atoms with Gasteiger partial charge in [-0.2, -0.15) is 0 Å². The highest BCUT2D eigenvalue weighted by molar-refractivity contribution is 7.13. The number of anilines is 1. The lowest BCUT2D eigenvalue weighted by Crippen LogP contribution is -2.45. The first-order valence-electron chi connectivity index (χ1n) is 10.8. The number of fused-ring (bicyclic) bond motifs is 1. The van der Waals surface area contributed by atoms with Crippen LogP contribution >= 0.6 is 11.3 Å². The molecular formula is C23H29N5O3S. The number of para-hydroxylation sites is 1. The number of thiazole rings is 1. The van der Waals surface area contributed by atoms with Gasteiger partial charge < -0.3 is 20.4 Å². The number of carbonyl (C=O) groups is 2. The summed E-state index contributed by atoms with van der Waals surface area (Å²) in [5, 5.41) is 9.20. The number of amides is 2. The van der Waals surface area contributed by atoms with Gasteiger partial charge in [-0.15, -0.1) is 11.3 Å². The molecule has 4 rings (SSSR count). The Morgan fingerprint density at radius 1 is 1.28 bits per heavy atom. The van der Waals surface area contributed by atoms with Crippen molar-refractivity contribution >= 4 is 39.2 Å². The predicted molar refractivity (Wildman–Crippen MR) is 126 cm³/mol. The summed E-state index contributed by atoms with van der Waals surface area (Å²) in [5.41, 5.74) is 2.89. The van der Waals surface area contributed by atoms with Crippen molar-refractivity contribution in [2.45, 2.75) is 52.0 Å². The number of H-pyrrole nitrogens is 1. The number of aromatic amines is 1. The number of aromatic nitrogens is 2. The first kappa shape index (κ1) is 22.4. The van der Waals surface area contributed by atoms with Crippen LogP contribution in [-0.4, -0.2) is 58.0 Å². The van der Waals surface area contributed by atoms with Gasteiger partial charge in [0, 0.05) is 55.5 Å². The standard InChI is InChI=1S/C23H29N5O3S/c1-14-10-28(11-15(2)31-14)12-18-13-32-23(26-18)27-22(30)21(25-16(3)29)8-17-9-24-20-7-5-4-6-19(17)20/h4-7,9,13-15,21,24H,8,10-12H2,1-3H3,(H,25,29)(H,26,27,30)/t14-,15-,21+/m0/s1. The van der Waals surface area contributed by atoms with Gasteiger partial charge in [-0.25, -0.2) is 4.98 Å². The van der Waals surface area contributed by atoms with Gasteiger partial charge in [-0.1, -0.05) is 18.2 Å². The largest absolute Gasteiger partial charge is 0.373 e. The van der Waals surface area contributed by atoms with Crippen LogP contribution in [0.15, 0.2) is 35.8 Å². The number of benzene rings is 1. The molecule has 0 aliphatic carbocycles. The molecule has 2 aromatic heterocycles. The molecule has 1 aliphatic rings. The zero-order valence-corrected chi connectivity index (χ0v) is 19.4. The fraction of sp³-hybridized carbons (Fsp3) is 0.435. The van der Waals surface area contributed by atoms with Crippen molar-refractivity contribution in [3.05, 3.63) is 47.1 Å². The van der Waals surface area contributed by atoms with Crippen molar-refractivity contribution in [2.24, 2.45) is 0 Å². The lowest BCUT2D eigenvalue weighted by Gasteiger charge is -2.34. The van der Waals surface area contributed by atoms with Gasteiger partial charge in [0.2, 0.25) is 11.8 Å². The molecule has 1 aliphatic heterocycles. The van der Waals surface area contributed by atoms with E-state index in [0.717, 1.165) is 41.8 Å². The number of morpholine rings is 1. The maximum absolute atomic E-state index is 13.0. The Morgan fingerprint density at radius 2 is 2.03 bits per heavy atom. The van der Waals surface area contributed by atoms with Crippen LogP contribution in [0, 0.1) is 0 Å². The van der Waals surface area contributed by atoms with Crippen molar-refractivity contribution in [3.63, 3.8) is 0 Å². The minimum Gasteiger partial charge on any atom is -0.373 e. The summed E-state index contributed by atoms with van der Waals surface area (Å²) in [6, 6.07) is 7.21. The van der Waals surface area contributed by atoms with E-state index in [9.17, 15) is 9.59 Å². The van der Waals surface area contributed by atoms with Gasteiger partial charge in [-0.05, 0) is 25.5 Å². The summed E-state index contributed by atoms with van der Waals surface area (Å²) in [5.74, 6) is -0.527. The van der Waals surface area contributed by atoms with Gasteiger partial charge >= 0.3 is 0 Å². The molecule has 3 N–H and O–H groups in total. The smallest absolute Gasteiger partial charge is 0.249 e. The summed E-state index contributed by atoms with van der Waals surface area (Å²) in [4.78, 5) is 34.9. The molecule has 1 aromatic carbocycles. The van der Waals surface area contributed by atoms with E-state index in [1.54, 1.807) is 0 Å². The van der Waals surface area contributed by atoms with E-state index in [-0.39, 0.29) is 24.0 Å². The number of ether oxygens (including phenoxy) is 1. The SMILES string of the molecule is CC(=O)N[C@H](Cc1c[nH]c2ccccc12)C(=O)Nc1nc(CN2C[C@H](C)O[C@@H](C)C2)cs1. The Balaban J connectivity index is 1.41. The van der Waals surface area contributed by atoms with Gasteiger partial charge in [-0.3, -0.25) is 14.5 Å². The Kier molecular flexibility index (Phi) is 6.88. The van der Waals surface area contributed by atoms with Crippen LogP contribution in [0.4, 0.5) is 5.13 Å². The third-order valence-corrected chi connectivity index (χ3v) is 6.26. The molecule has 0 radical (unpaired) electrons. The maximum Gasteiger partial charge on any atom is 0.249 e. The molecule has 8 nitrogen and oxygen atoms in total. The average molecular weight is 456 g/mol. The van der Waals surface area contributed by atoms with Crippen LogP contribution in [0.25, 0.3) is 10.9 Å². The third kappa shape index (κ3) is 5.53. The Bertz CT molecular complexity index is 1080. The monoisotopic (exact) mass is 455 g/mol. The minimum atomic E-state index is -0.694. The van der Waals surface area contributed by atoms with Crippen LogP contribution in [0.3, 0.4) is 0 Å². The average Bonchev–Trinajstić information content (AvgIpc) is 3.33. The molecule has 3 atom stereocenters. The zero-order chi connectivity index (χ0) is 22.7. The number of nitrogens with one attached hydrogen (secondary N) is 3. The molecule has 3 heterocycles. The van der Waals surface area contributed by atoms with Gasteiger partial charge in [0.15, 0.2) is 5.13 Å². The van der Waals surface area contributed by atoms with E-state index >= 15 is 0 Å². The molecule has 32 heavy (non-hydrogen) atoms. The second-order valence-corrected chi connectivity index (χ2v) is 9.26. The number of nitrogens with zero attached hydrogens (tertiary/aromatic N) is 2. The molecule has 2 amide bonds. The molecule has 3 aromatic rings. The second-order valence-electron chi connectivity index (χ2n) is 8.40. The molecule has 0 bridgehead atoms. The van der Waals surface area contributed by atoms with Crippen LogP contribution in [0.1, 0.15) is 32.0 Å². The predicted octanol–water partition coefficient (Wildman–Crippen LogP) is 2.92. The molecule has 9 heteroatoms. The first-order valence-corrected chi connectivity index (χ1v) is 11.7. The third-order valence-electron chi connectivity index (χ3n) is 5.46. The van der Waals surface area contributed by atoms with Crippen molar-refractivity contribution in [2.75, 3.05) is 18.4 Å². The summed E-state index contributed by atoms with van der Waals surface area (Å²) < 4.78 is 5.79. The summed E-state index contributed by atoms with van der Waals surface area (Å²) in [6.07, 6.45) is 2.66. The molecule has 1 saturated heterocycles. The number of carbonyl (C=O) groups excluding carboxylic acids is 2. The number of hydrogen-bond acceptors (Lipinski definition) is 6. The Hall–Kier alpha value is -2.75. The van der Waals surface area contributed by atoms with Gasteiger partial charge in [0.1, 0.15) is 6.04 Å². The fourth-order valence-electron chi connectivity index (χ4n) is 4.25. The molecule has 0 unspecified atom stereocenters. The molecule has 170 valence electrons. The Labute approximate surface area is 191 Å². The van der Waals surface area contributed by atoms with Crippen LogP contribution in [-0.2, 0) is 27.3 Å². The Morgan fingerprint density at radius 3 is 2.78 bits per heavy atom. The lowest BCUT2D eigenvalue weighted by atomic mass is 10.0. The van der Waals surface area contributed by atoms with E-state index < -0.39 is 6.04 Å². The van der Waals surface area contributed by atoms with Crippen LogP contribution in [0.2, 0.25) is 0 Å². The maximum atomic E-state index is 13.0. The fourth-order valence-corrected chi connectivity index (χ4v) is 4.95. The second kappa shape index (κ2) is 9.81. The van der Waals surface area contributed by atoms with Gasteiger partial charge in [0.05, 0.1) is 17.9 Å². The summed E-state index contributed by atoms with van der Waals surface area (Å²) >= 11 is 1.40. The van der Waals surface area contributed by atoms with E-state index in [1.165, 1.54) is 18.3 Å². The van der Waals surface area contributed by atoms with Crippen LogP contribution in [0.5, 0.6) is 0 Å². The highest BCUT2D eigenvalue weighted by Crippen LogP contribution is 2.22. The van der Waals surface area contributed by atoms with Crippen LogP contribution < -0.4 is 10.6 Å². The minimum absolute atomic E-state index is 0.194. The highest BCUT2D eigenvalue weighted by atomic mass is 32.1. The summed E-state index contributed by atoms with van der Waals surface area (Å²) in [7, 11) is 0. The lowest BCUT2D eigenvalue weighted by molar-refractivity contribution is -0.125. The first-order chi connectivity index (χ1) is 15.4. The van der Waals surface area contributed by atoms with Crippen molar-refractivity contribution < 1.29 is 14.3 Å². The van der Waals surface area contributed by atoms with E-state index in [2.05, 4.69) is 39.3 Å². The van der Waals surface area contributed by atoms with Gasteiger partial charge in [0.25, 0.3) is 0 Å². The quantitative estimate of drug-likeness (QED) is 0.509. The number of rotatable bonds is 7. The van der Waals surface area contributed by atoms with Crippen molar-refractivity contribution in [1.29, 1.82) is 0 Å². The van der Waals surface area contributed by atoms with Crippen molar-refractivity contribution in [1.82, 2.24) is 20.2 Å². The van der Waals surface area contributed by atoms with E-state index in [1.807, 2.05) is 35.8 Å². The topological polar surface area (TPSA) is 99.3 Å². The molecule has 0 saturated carbocycles. The van der Waals surface area contributed by atoms with E-state index in [0.29, 0.717) is 11.6 Å². The summed E-state index contributed by atoms with van der Waals surface area (Å²) in [6.45, 7) is 8.00. The number of hydrogen-bond donors (Lipinski definition) is 3. The molecule has 0 spiro atoms. The van der Waals surface area contributed by atoms with E-state index in [4.69, 9.17) is 4.74 Å². The zero-order valence-electron chi connectivity index (χ0n) is 18.6. The highest BCUT2D eigenvalue weighted by Gasteiger charge is 2.24. The van der Waals surface area contributed by atoms with Crippen molar-refractivity contribution in [3.8, 4) is 0 Å². The molecule has 1 fully saturated rings.